The lowest BCUT2D eigenvalue weighted by Crippen LogP contribution is -2.38. The summed E-state index contributed by atoms with van der Waals surface area (Å²) >= 11 is 0. The average Bonchev–Trinajstić information content (AvgIpc) is 2.89. The van der Waals surface area contributed by atoms with Gasteiger partial charge in [-0.25, -0.2) is 0 Å². The molecule has 0 bridgehead atoms. The Kier molecular flexibility index (Phi) is 4.70. The van der Waals surface area contributed by atoms with Crippen LogP contribution in [0.4, 0.5) is 0 Å². The van der Waals surface area contributed by atoms with E-state index in [0.717, 1.165) is 32.2 Å². The van der Waals surface area contributed by atoms with E-state index >= 15 is 0 Å². The smallest absolute Gasteiger partial charge is 0.0589 e. The van der Waals surface area contributed by atoms with Gasteiger partial charge in [-0.05, 0) is 32.7 Å². The van der Waals surface area contributed by atoms with E-state index < -0.39 is 0 Å². The summed E-state index contributed by atoms with van der Waals surface area (Å²) in [4.78, 5) is 2.54. The number of hydrogen-bond acceptors (Lipinski definition) is 3. The number of rotatable bonds is 7. The van der Waals surface area contributed by atoms with Crippen LogP contribution in [0.1, 0.15) is 26.2 Å². The van der Waals surface area contributed by atoms with E-state index in [-0.39, 0.29) is 0 Å². The minimum absolute atomic E-state index is 0.618. The fourth-order valence-electron chi connectivity index (χ4n) is 1.77. The molecule has 0 radical (unpaired) electrons. The lowest BCUT2D eigenvalue weighted by molar-refractivity contribution is 0.116. The average molecular weight is 186 g/mol. The summed E-state index contributed by atoms with van der Waals surface area (Å²) < 4.78 is 5.11. The molecule has 0 heterocycles. The Morgan fingerprint density at radius 1 is 1.54 bits per heavy atom. The fourth-order valence-corrected chi connectivity index (χ4v) is 1.77. The highest BCUT2D eigenvalue weighted by Gasteiger charge is 2.31. The normalized spacial score (nSPS) is 19.4. The van der Waals surface area contributed by atoms with Crippen molar-refractivity contribution in [2.75, 3.05) is 26.8 Å². The van der Waals surface area contributed by atoms with Crippen molar-refractivity contribution >= 4 is 0 Å². The van der Waals surface area contributed by atoms with E-state index in [2.05, 4.69) is 11.8 Å². The first-order valence-electron chi connectivity index (χ1n) is 5.24. The minimum Gasteiger partial charge on any atom is -0.383 e. The van der Waals surface area contributed by atoms with Crippen LogP contribution in [0, 0.1) is 0 Å². The van der Waals surface area contributed by atoms with Crippen LogP contribution in [0.5, 0.6) is 0 Å². The standard InChI is InChI=1S/C10H22N2O/c1-9(5-6-11)12(7-8-13-2)10-3-4-10/h9-10H,3-8,11H2,1-2H3. The molecule has 1 aliphatic carbocycles. The van der Waals surface area contributed by atoms with Gasteiger partial charge in [0.2, 0.25) is 0 Å². The van der Waals surface area contributed by atoms with Crippen LogP contribution in [0.3, 0.4) is 0 Å². The third kappa shape index (κ3) is 3.63. The van der Waals surface area contributed by atoms with Gasteiger partial charge in [0.25, 0.3) is 0 Å². The van der Waals surface area contributed by atoms with Gasteiger partial charge in [0, 0.05) is 25.7 Å². The lowest BCUT2D eigenvalue weighted by Gasteiger charge is -2.28. The molecule has 2 N–H and O–H groups in total. The van der Waals surface area contributed by atoms with Crippen molar-refractivity contribution in [2.24, 2.45) is 5.73 Å². The molecule has 1 fully saturated rings. The molecule has 0 aromatic rings. The predicted octanol–water partition coefficient (Wildman–Crippen LogP) is 0.835. The number of methoxy groups -OCH3 is 1. The van der Waals surface area contributed by atoms with Crippen molar-refractivity contribution in [1.82, 2.24) is 4.90 Å². The second-order valence-corrected chi connectivity index (χ2v) is 3.89. The van der Waals surface area contributed by atoms with Crippen LogP contribution in [0.2, 0.25) is 0 Å². The second-order valence-electron chi connectivity index (χ2n) is 3.89. The lowest BCUT2D eigenvalue weighted by atomic mass is 10.2. The van der Waals surface area contributed by atoms with E-state index in [4.69, 9.17) is 10.5 Å². The Balaban J connectivity index is 2.27. The number of hydrogen-bond donors (Lipinski definition) is 1. The molecule has 0 aromatic heterocycles. The van der Waals surface area contributed by atoms with Gasteiger partial charge in [0.1, 0.15) is 0 Å². The molecular formula is C10H22N2O. The maximum Gasteiger partial charge on any atom is 0.0589 e. The van der Waals surface area contributed by atoms with Gasteiger partial charge >= 0.3 is 0 Å². The summed E-state index contributed by atoms with van der Waals surface area (Å²) in [5, 5.41) is 0. The number of ether oxygens (including phenoxy) is 1. The van der Waals surface area contributed by atoms with Crippen molar-refractivity contribution in [1.29, 1.82) is 0 Å². The third-order valence-corrected chi connectivity index (χ3v) is 2.72. The van der Waals surface area contributed by atoms with E-state index in [1.165, 1.54) is 12.8 Å². The highest BCUT2D eigenvalue weighted by molar-refractivity contribution is 4.87. The largest absolute Gasteiger partial charge is 0.383 e. The van der Waals surface area contributed by atoms with Crippen LogP contribution < -0.4 is 5.73 Å². The molecule has 1 saturated carbocycles. The summed E-state index contributed by atoms with van der Waals surface area (Å²) in [7, 11) is 1.76. The zero-order valence-corrected chi connectivity index (χ0v) is 8.83. The predicted molar refractivity (Wildman–Crippen MR) is 54.7 cm³/mol. The Morgan fingerprint density at radius 2 is 2.23 bits per heavy atom. The SMILES string of the molecule is COCCN(C(C)CCN)C1CC1. The second kappa shape index (κ2) is 5.58. The van der Waals surface area contributed by atoms with Gasteiger partial charge in [0.15, 0.2) is 0 Å². The molecule has 3 nitrogen and oxygen atoms in total. The van der Waals surface area contributed by atoms with Crippen molar-refractivity contribution < 1.29 is 4.74 Å². The van der Waals surface area contributed by atoms with Crippen molar-refractivity contribution in [3.8, 4) is 0 Å². The van der Waals surface area contributed by atoms with Crippen LogP contribution in [0.15, 0.2) is 0 Å². The molecule has 0 amide bonds. The summed E-state index contributed by atoms with van der Waals surface area (Å²) in [5.41, 5.74) is 5.56. The Hall–Kier alpha value is -0.120. The zero-order valence-electron chi connectivity index (χ0n) is 8.83. The van der Waals surface area contributed by atoms with Gasteiger partial charge in [-0.2, -0.15) is 0 Å². The summed E-state index contributed by atoms with van der Waals surface area (Å²) in [6.07, 6.45) is 3.82. The Labute approximate surface area is 81.2 Å². The first-order chi connectivity index (χ1) is 6.29. The molecule has 0 spiro atoms. The molecular weight excluding hydrogens is 164 g/mol. The first kappa shape index (κ1) is 11.0. The van der Waals surface area contributed by atoms with Gasteiger partial charge in [0.05, 0.1) is 6.61 Å². The molecule has 13 heavy (non-hydrogen) atoms. The van der Waals surface area contributed by atoms with Crippen molar-refractivity contribution in [3.63, 3.8) is 0 Å². The maximum absolute atomic E-state index is 5.56. The minimum atomic E-state index is 0.618. The number of nitrogens with zero attached hydrogens (tertiary/aromatic N) is 1. The molecule has 1 aliphatic rings. The van der Waals surface area contributed by atoms with Gasteiger partial charge in [-0.1, -0.05) is 0 Å². The van der Waals surface area contributed by atoms with Gasteiger partial charge < -0.3 is 10.5 Å². The highest BCUT2D eigenvalue weighted by Crippen LogP contribution is 2.28. The van der Waals surface area contributed by atoms with Gasteiger partial charge in [-0.3, -0.25) is 4.90 Å². The highest BCUT2D eigenvalue weighted by atomic mass is 16.5. The zero-order chi connectivity index (χ0) is 9.68. The Bertz CT molecular complexity index is 137. The summed E-state index contributed by atoms with van der Waals surface area (Å²) in [6.45, 7) is 4.95. The van der Waals surface area contributed by atoms with Crippen molar-refractivity contribution in [2.45, 2.75) is 38.3 Å². The molecule has 0 saturated heterocycles. The van der Waals surface area contributed by atoms with E-state index in [0.29, 0.717) is 6.04 Å². The van der Waals surface area contributed by atoms with Crippen LogP contribution in [-0.4, -0.2) is 43.8 Å². The fraction of sp³-hybridized carbons (Fsp3) is 1.00. The molecule has 1 atom stereocenters. The van der Waals surface area contributed by atoms with Crippen molar-refractivity contribution in [3.05, 3.63) is 0 Å². The monoisotopic (exact) mass is 186 g/mol. The number of nitrogens with two attached hydrogens (primary N) is 1. The molecule has 78 valence electrons. The first-order valence-corrected chi connectivity index (χ1v) is 5.24. The molecule has 3 heteroatoms. The summed E-state index contributed by atoms with van der Waals surface area (Å²) in [5.74, 6) is 0. The molecule has 1 unspecified atom stereocenters. The third-order valence-electron chi connectivity index (χ3n) is 2.72. The van der Waals surface area contributed by atoms with Crippen LogP contribution in [0.25, 0.3) is 0 Å². The van der Waals surface area contributed by atoms with Crippen LogP contribution in [-0.2, 0) is 4.74 Å². The van der Waals surface area contributed by atoms with Crippen LogP contribution >= 0.6 is 0 Å². The quantitative estimate of drug-likeness (QED) is 0.640. The Morgan fingerprint density at radius 3 is 2.69 bits per heavy atom. The molecule has 0 aliphatic heterocycles. The molecule has 0 aromatic carbocycles. The van der Waals surface area contributed by atoms with Gasteiger partial charge in [-0.15, -0.1) is 0 Å². The summed E-state index contributed by atoms with van der Waals surface area (Å²) in [6, 6.07) is 1.43. The van der Waals surface area contributed by atoms with E-state index in [1.807, 2.05) is 0 Å². The maximum atomic E-state index is 5.56. The topological polar surface area (TPSA) is 38.5 Å². The van der Waals surface area contributed by atoms with E-state index in [9.17, 15) is 0 Å². The molecule has 1 rings (SSSR count). The van der Waals surface area contributed by atoms with E-state index in [1.54, 1.807) is 7.11 Å².